The molecule has 0 unspecified atom stereocenters. The summed E-state index contributed by atoms with van der Waals surface area (Å²) in [5.74, 6) is 1.02. The second kappa shape index (κ2) is 4.63. The van der Waals surface area contributed by atoms with E-state index in [4.69, 9.17) is 11.6 Å². The van der Waals surface area contributed by atoms with Gasteiger partial charge in [0.2, 0.25) is 0 Å². The molecule has 0 aliphatic heterocycles. The number of imidazole rings is 1. The lowest BCUT2D eigenvalue weighted by molar-refractivity contribution is 0.285. The van der Waals surface area contributed by atoms with Crippen LogP contribution in [0.3, 0.4) is 0 Å². The largest absolute Gasteiger partial charge is 0.321 e. The highest BCUT2D eigenvalue weighted by atomic mass is 35.5. The maximum Gasteiger partial charge on any atom is 0.128 e. The molecular formula is C9H16ClN3. The van der Waals surface area contributed by atoms with E-state index in [2.05, 4.69) is 23.7 Å². The first-order valence-electron chi connectivity index (χ1n) is 4.57. The van der Waals surface area contributed by atoms with Crippen molar-refractivity contribution in [2.75, 3.05) is 13.1 Å². The lowest BCUT2D eigenvalue weighted by atomic mass is 10.4. The summed E-state index contributed by atoms with van der Waals surface area (Å²) < 4.78 is 1.92. The maximum atomic E-state index is 5.88. The predicted molar refractivity (Wildman–Crippen MR) is 54.8 cm³/mol. The molecular weight excluding hydrogens is 186 g/mol. The van der Waals surface area contributed by atoms with Crippen LogP contribution in [0.2, 0.25) is 5.15 Å². The van der Waals surface area contributed by atoms with Crippen molar-refractivity contribution in [2.45, 2.75) is 20.4 Å². The molecule has 0 N–H and O–H groups in total. The van der Waals surface area contributed by atoms with Crippen LogP contribution in [0.4, 0.5) is 0 Å². The minimum atomic E-state index is 0.696. The van der Waals surface area contributed by atoms with Gasteiger partial charge in [0.1, 0.15) is 11.0 Å². The average Bonchev–Trinajstić information content (AvgIpc) is 2.45. The number of aromatic nitrogens is 2. The minimum Gasteiger partial charge on any atom is -0.321 e. The van der Waals surface area contributed by atoms with Crippen LogP contribution in [0.25, 0.3) is 0 Å². The van der Waals surface area contributed by atoms with Crippen molar-refractivity contribution < 1.29 is 0 Å². The summed E-state index contributed by atoms with van der Waals surface area (Å²) in [4.78, 5) is 6.54. The van der Waals surface area contributed by atoms with E-state index in [1.807, 2.05) is 11.6 Å². The van der Waals surface area contributed by atoms with Crippen LogP contribution in [0.15, 0.2) is 6.20 Å². The Hall–Kier alpha value is -0.540. The first-order valence-corrected chi connectivity index (χ1v) is 4.95. The van der Waals surface area contributed by atoms with Gasteiger partial charge >= 0.3 is 0 Å². The van der Waals surface area contributed by atoms with Crippen LogP contribution in [0.1, 0.15) is 19.7 Å². The summed E-state index contributed by atoms with van der Waals surface area (Å²) in [5, 5.41) is 0.696. The summed E-state index contributed by atoms with van der Waals surface area (Å²) >= 11 is 5.88. The zero-order valence-electron chi connectivity index (χ0n) is 8.42. The van der Waals surface area contributed by atoms with Crippen LogP contribution < -0.4 is 0 Å². The fraction of sp³-hybridized carbons (Fsp3) is 0.667. The molecule has 0 atom stereocenters. The van der Waals surface area contributed by atoms with E-state index in [-0.39, 0.29) is 0 Å². The fourth-order valence-corrected chi connectivity index (χ4v) is 1.36. The second-order valence-electron chi connectivity index (χ2n) is 3.02. The molecule has 0 amide bonds. The van der Waals surface area contributed by atoms with Crippen molar-refractivity contribution in [3.05, 3.63) is 17.2 Å². The van der Waals surface area contributed by atoms with E-state index in [0.717, 1.165) is 25.5 Å². The Morgan fingerprint density at radius 1 is 1.46 bits per heavy atom. The average molecular weight is 202 g/mol. The summed E-state index contributed by atoms with van der Waals surface area (Å²) in [6, 6.07) is 0. The zero-order valence-corrected chi connectivity index (χ0v) is 9.17. The van der Waals surface area contributed by atoms with Gasteiger partial charge in [-0.2, -0.15) is 0 Å². The van der Waals surface area contributed by atoms with Gasteiger partial charge in [0.25, 0.3) is 0 Å². The van der Waals surface area contributed by atoms with Crippen molar-refractivity contribution >= 4 is 11.6 Å². The van der Waals surface area contributed by atoms with Gasteiger partial charge in [0.05, 0.1) is 12.7 Å². The molecule has 0 spiro atoms. The lowest BCUT2D eigenvalue weighted by Gasteiger charge is -2.17. The number of hydrogen-bond acceptors (Lipinski definition) is 2. The van der Waals surface area contributed by atoms with Gasteiger partial charge in [-0.1, -0.05) is 25.4 Å². The molecule has 3 nitrogen and oxygen atoms in total. The standard InChI is InChI=1S/C9H16ClN3/c1-4-13(5-2)7-9-11-6-8(10)12(9)3/h6H,4-5,7H2,1-3H3. The Morgan fingerprint density at radius 2 is 2.08 bits per heavy atom. The summed E-state index contributed by atoms with van der Waals surface area (Å²) in [6.07, 6.45) is 1.69. The van der Waals surface area contributed by atoms with Gasteiger partial charge in [0.15, 0.2) is 0 Å². The third-order valence-corrected chi connectivity index (χ3v) is 2.64. The minimum absolute atomic E-state index is 0.696. The molecule has 1 heterocycles. The highest BCUT2D eigenvalue weighted by Crippen LogP contribution is 2.10. The normalized spacial score (nSPS) is 11.2. The van der Waals surface area contributed by atoms with E-state index in [0.29, 0.717) is 5.15 Å². The Labute approximate surface area is 84.3 Å². The van der Waals surface area contributed by atoms with Gasteiger partial charge in [-0.25, -0.2) is 4.98 Å². The molecule has 0 bridgehead atoms. The third kappa shape index (κ3) is 2.45. The summed E-state index contributed by atoms with van der Waals surface area (Å²) in [6.45, 7) is 7.25. The van der Waals surface area contributed by atoms with Gasteiger partial charge in [-0.05, 0) is 13.1 Å². The van der Waals surface area contributed by atoms with Crippen LogP contribution in [-0.4, -0.2) is 27.5 Å². The van der Waals surface area contributed by atoms with Crippen LogP contribution >= 0.6 is 11.6 Å². The highest BCUT2D eigenvalue weighted by Gasteiger charge is 2.07. The molecule has 4 heteroatoms. The topological polar surface area (TPSA) is 21.1 Å². The number of hydrogen-bond donors (Lipinski definition) is 0. The molecule has 0 saturated carbocycles. The Kier molecular flexibility index (Phi) is 3.75. The SMILES string of the molecule is CCN(CC)Cc1ncc(Cl)n1C. The number of nitrogens with zero attached hydrogens (tertiary/aromatic N) is 3. The monoisotopic (exact) mass is 201 g/mol. The van der Waals surface area contributed by atoms with E-state index in [1.165, 1.54) is 0 Å². The number of rotatable bonds is 4. The molecule has 74 valence electrons. The van der Waals surface area contributed by atoms with E-state index in [9.17, 15) is 0 Å². The van der Waals surface area contributed by atoms with E-state index in [1.54, 1.807) is 6.20 Å². The predicted octanol–water partition coefficient (Wildman–Crippen LogP) is 1.92. The number of halogens is 1. The van der Waals surface area contributed by atoms with Crippen molar-refractivity contribution in [3.63, 3.8) is 0 Å². The van der Waals surface area contributed by atoms with Crippen LogP contribution in [0, 0.1) is 0 Å². The quantitative estimate of drug-likeness (QED) is 0.742. The molecule has 0 aromatic carbocycles. The molecule has 0 aliphatic rings. The Balaban J connectivity index is 2.67. The molecule has 13 heavy (non-hydrogen) atoms. The van der Waals surface area contributed by atoms with Crippen LogP contribution in [0.5, 0.6) is 0 Å². The molecule has 1 aromatic rings. The fourth-order valence-electron chi connectivity index (χ4n) is 1.22. The van der Waals surface area contributed by atoms with Crippen LogP contribution in [-0.2, 0) is 13.6 Å². The first kappa shape index (κ1) is 10.5. The summed E-state index contributed by atoms with van der Waals surface area (Å²) in [7, 11) is 1.94. The Morgan fingerprint density at radius 3 is 2.46 bits per heavy atom. The van der Waals surface area contributed by atoms with Crippen molar-refractivity contribution in [1.29, 1.82) is 0 Å². The Bertz CT molecular complexity index is 266. The smallest absolute Gasteiger partial charge is 0.128 e. The van der Waals surface area contributed by atoms with E-state index >= 15 is 0 Å². The zero-order chi connectivity index (χ0) is 9.84. The molecule has 0 saturated heterocycles. The summed E-state index contributed by atoms with van der Waals surface area (Å²) in [5.41, 5.74) is 0. The molecule has 1 rings (SSSR count). The van der Waals surface area contributed by atoms with E-state index < -0.39 is 0 Å². The second-order valence-corrected chi connectivity index (χ2v) is 3.40. The molecule has 1 aromatic heterocycles. The maximum absolute atomic E-state index is 5.88. The highest BCUT2D eigenvalue weighted by molar-refractivity contribution is 6.29. The third-order valence-electron chi connectivity index (χ3n) is 2.29. The lowest BCUT2D eigenvalue weighted by Crippen LogP contribution is -2.23. The molecule has 0 fully saturated rings. The van der Waals surface area contributed by atoms with Gasteiger partial charge in [-0.15, -0.1) is 0 Å². The van der Waals surface area contributed by atoms with Gasteiger partial charge < -0.3 is 4.57 Å². The van der Waals surface area contributed by atoms with Crippen molar-refractivity contribution in [2.24, 2.45) is 7.05 Å². The van der Waals surface area contributed by atoms with Crippen molar-refractivity contribution in [3.8, 4) is 0 Å². The van der Waals surface area contributed by atoms with Crippen molar-refractivity contribution in [1.82, 2.24) is 14.5 Å². The molecule has 0 radical (unpaired) electrons. The van der Waals surface area contributed by atoms with Gasteiger partial charge in [-0.3, -0.25) is 4.90 Å². The van der Waals surface area contributed by atoms with Gasteiger partial charge in [0, 0.05) is 7.05 Å². The first-order chi connectivity index (χ1) is 6.19. The molecule has 0 aliphatic carbocycles.